The van der Waals surface area contributed by atoms with Crippen molar-refractivity contribution in [2.45, 2.75) is 32.4 Å². The van der Waals surface area contributed by atoms with Gasteiger partial charge >= 0.3 is 0 Å². The van der Waals surface area contributed by atoms with Gasteiger partial charge in [0.2, 0.25) is 0 Å². The molecule has 0 spiro atoms. The first-order valence-electron chi connectivity index (χ1n) is 9.53. The Hall–Kier alpha value is -3.48. The second kappa shape index (κ2) is 8.26. The summed E-state index contributed by atoms with van der Waals surface area (Å²) in [7, 11) is 0. The van der Waals surface area contributed by atoms with Crippen molar-refractivity contribution < 1.29 is 18.8 Å². The quantitative estimate of drug-likeness (QED) is 0.594. The predicted octanol–water partition coefficient (Wildman–Crippen LogP) is 3.83. The highest BCUT2D eigenvalue weighted by Gasteiger charge is 2.32. The van der Waals surface area contributed by atoms with Crippen LogP contribution >= 0.6 is 0 Å². The second-order valence-corrected chi connectivity index (χ2v) is 6.96. The standard InChI is InChI=1S/C22H21N3O4/c1-15(26)16-7-9-17(10-8-16)28-14-18-13-20(24-29-18)22(27)25-12-4-6-21(25)19-5-2-3-11-23-19/h2-3,5,7-11,13,21H,4,6,12,14H2,1H3/t21-/m1/s1. The molecule has 0 saturated carbocycles. The Bertz CT molecular complexity index is 998. The molecule has 148 valence electrons. The van der Waals surface area contributed by atoms with E-state index in [0.29, 0.717) is 23.6 Å². The molecule has 0 bridgehead atoms. The lowest BCUT2D eigenvalue weighted by atomic mass is 10.1. The van der Waals surface area contributed by atoms with Gasteiger partial charge in [-0.25, -0.2) is 0 Å². The van der Waals surface area contributed by atoms with Crippen LogP contribution in [-0.2, 0) is 6.61 Å². The lowest BCUT2D eigenvalue weighted by Gasteiger charge is -2.23. The summed E-state index contributed by atoms with van der Waals surface area (Å²) in [6.07, 6.45) is 3.55. The van der Waals surface area contributed by atoms with Crippen molar-refractivity contribution in [1.29, 1.82) is 0 Å². The van der Waals surface area contributed by atoms with Crippen molar-refractivity contribution in [3.8, 4) is 5.75 Å². The van der Waals surface area contributed by atoms with Crippen LogP contribution in [0, 0.1) is 0 Å². The molecule has 29 heavy (non-hydrogen) atoms. The SMILES string of the molecule is CC(=O)c1ccc(OCc2cc(C(=O)N3CCC[C@@H]3c3ccccn3)no2)cc1. The third-order valence-corrected chi connectivity index (χ3v) is 4.96. The summed E-state index contributed by atoms with van der Waals surface area (Å²) in [5.41, 5.74) is 1.77. The van der Waals surface area contributed by atoms with Gasteiger partial charge in [0.1, 0.15) is 12.4 Å². The molecule has 1 aliphatic rings. The normalized spacial score (nSPS) is 16.0. The van der Waals surface area contributed by atoms with E-state index < -0.39 is 0 Å². The van der Waals surface area contributed by atoms with Crippen LogP contribution in [0.25, 0.3) is 0 Å². The fourth-order valence-electron chi connectivity index (χ4n) is 3.46. The van der Waals surface area contributed by atoms with Crippen molar-refractivity contribution in [1.82, 2.24) is 15.0 Å². The molecule has 0 aliphatic carbocycles. The van der Waals surface area contributed by atoms with Crippen LogP contribution in [0.15, 0.2) is 59.3 Å². The van der Waals surface area contributed by atoms with Crippen LogP contribution < -0.4 is 4.74 Å². The summed E-state index contributed by atoms with van der Waals surface area (Å²) in [4.78, 5) is 30.4. The van der Waals surface area contributed by atoms with E-state index >= 15 is 0 Å². The zero-order valence-corrected chi connectivity index (χ0v) is 16.1. The Balaban J connectivity index is 1.40. The molecule has 2 aromatic heterocycles. The number of Topliss-reactive ketones (excluding diaryl/α,β-unsaturated/α-hetero) is 1. The highest BCUT2D eigenvalue weighted by molar-refractivity contribution is 5.94. The first-order valence-corrected chi connectivity index (χ1v) is 9.53. The molecule has 0 unspecified atom stereocenters. The van der Waals surface area contributed by atoms with Crippen molar-refractivity contribution in [2.75, 3.05) is 6.54 Å². The Morgan fingerprint density at radius 1 is 1.21 bits per heavy atom. The van der Waals surface area contributed by atoms with Crippen molar-refractivity contribution in [2.24, 2.45) is 0 Å². The number of rotatable bonds is 6. The number of nitrogens with zero attached hydrogens (tertiary/aromatic N) is 3. The Morgan fingerprint density at radius 3 is 2.76 bits per heavy atom. The number of ether oxygens (including phenoxy) is 1. The maximum absolute atomic E-state index is 12.9. The Labute approximate surface area is 168 Å². The smallest absolute Gasteiger partial charge is 0.276 e. The number of likely N-dealkylation sites (tertiary alicyclic amines) is 1. The summed E-state index contributed by atoms with van der Waals surface area (Å²) in [5.74, 6) is 0.895. The lowest BCUT2D eigenvalue weighted by molar-refractivity contribution is 0.0722. The number of hydrogen-bond acceptors (Lipinski definition) is 6. The fourth-order valence-corrected chi connectivity index (χ4v) is 3.46. The molecule has 4 rings (SSSR count). The van der Waals surface area contributed by atoms with E-state index in [9.17, 15) is 9.59 Å². The molecule has 3 aromatic rings. The molecule has 7 nitrogen and oxygen atoms in total. The molecule has 7 heteroatoms. The van der Waals surface area contributed by atoms with Gasteiger partial charge in [-0.1, -0.05) is 11.2 Å². The van der Waals surface area contributed by atoms with Crippen LogP contribution in [0.1, 0.15) is 58.1 Å². The number of pyridine rings is 1. The minimum absolute atomic E-state index is 0.000795. The minimum atomic E-state index is -0.168. The van der Waals surface area contributed by atoms with Crippen LogP contribution in [0.5, 0.6) is 5.75 Å². The van der Waals surface area contributed by atoms with E-state index in [-0.39, 0.29) is 30.0 Å². The van der Waals surface area contributed by atoms with Gasteiger partial charge in [-0.3, -0.25) is 14.6 Å². The van der Waals surface area contributed by atoms with E-state index in [1.807, 2.05) is 18.2 Å². The largest absolute Gasteiger partial charge is 0.486 e. The van der Waals surface area contributed by atoms with Crippen molar-refractivity contribution in [3.05, 3.63) is 77.4 Å². The molecule has 0 N–H and O–H groups in total. The number of aromatic nitrogens is 2. The second-order valence-electron chi connectivity index (χ2n) is 6.96. The van der Waals surface area contributed by atoms with Crippen molar-refractivity contribution in [3.63, 3.8) is 0 Å². The summed E-state index contributed by atoms with van der Waals surface area (Å²) in [6.45, 7) is 2.33. The molecular weight excluding hydrogens is 370 g/mol. The third kappa shape index (κ3) is 4.18. The average molecular weight is 391 g/mol. The van der Waals surface area contributed by atoms with Crippen LogP contribution in [0.4, 0.5) is 0 Å². The van der Waals surface area contributed by atoms with E-state index in [0.717, 1.165) is 18.5 Å². The van der Waals surface area contributed by atoms with Gasteiger partial charge in [-0.2, -0.15) is 0 Å². The summed E-state index contributed by atoms with van der Waals surface area (Å²) in [5, 5.41) is 3.93. The van der Waals surface area contributed by atoms with Gasteiger partial charge < -0.3 is 14.2 Å². The van der Waals surface area contributed by atoms with Crippen LogP contribution in [0.2, 0.25) is 0 Å². The molecule has 1 aliphatic heterocycles. The highest BCUT2D eigenvalue weighted by Crippen LogP contribution is 2.31. The van der Waals surface area contributed by atoms with Crippen molar-refractivity contribution >= 4 is 11.7 Å². The minimum Gasteiger partial charge on any atom is -0.486 e. The van der Waals surface area contributed by atoms with Gasteiger partial charge in [0.05, 0.1) is 11.7 Å². The van der Waals surface area contributed by atoms with Gasteiger partial charge in [0.15, 0.2) is 17.2 Å². The Morgan fingerprint density at radius 2 is 2.03 bits per heavy atom. The van der Waals surface area contributed by atoms with Crippen LogP contribution in [0.3, 0.4) is 0 Å². The molecule has 3 heterocycles. The van der Waals surface area contributed by atoms with E-state index in [2.05, 4.69) is 10.1 Å². The number of hydrogen-bond donors (Lipinski definition) is 0. The fraction of sp³-hybridized carbons (Fsp3) is 0.273. The zero-order chi connectivity index (χ0) is 20.2. The molecule has 1 aromatic carbocycles. The monoisotopic (exact) mass is 391 g/mol. The number of carbonyl (C=O) groups excluding carboxylic acids is 2. The molecule has 0 radical (unpaired) electrons. The van der Waals surface area contributed by atoms with Gasteiger partial charge in [-0.05, 0) is 56.2 Å². The molecule has 1 fully saturated rings. The van der Waals surface area contributed by atoms with Crippen LogP contribution in [-0.4, -0.2) is 33.3 Å². The first kappa shape index (κ1) is 18.9. The number of ketones is 1. The summed E-state index contributed by atoms with van der Waals surface area (Å²) >= 11 is 0. The van der Waals surface area contributed by atoms with Gasteiger partial charge in [0.25, 0.3) is 5.91 Å². The van der Waals surface area contributed by atoms with Gasteiger partial charge in [-0.15, -0.1) is 0 Å². The highest BCUT2D eigenvalue weighted by atomic mass is 16.5. The number of benzene rings is 1. The lowest BCUT2D eigenvalue weighted by Crippen LogP contribution is -2.31. The molecule has 1 atom stereocenters. The average Bonchev–Trinajstić information content (AvgIpc) is 3.42. The maximum atomic E-state index is 12.9. The Kier molecular flexibility index (Phi) is 5.37. The maximum Gasteiger partial charge on any atom is 0.276 e. The topological polar surface area (TPSA) is 85.5 Å². The van der Waals surface area contributed by atoms with Gasteiger partial charge in [0, 0.05) is 24.4 Å². The van der Waals surface area contributed by atoms with E-state index in [4.69, 9.17) is 9.26 Å². The van der Waals surface area contributed by atoms with E-state index in [1.54, 1.807) is 41.4 Å². The molecular formula is C22H21N3O4. The summed E-state index contributed by atoms with van der Waals surface area (Å²) in [6, 6.07) is 14.2. The number of amides is 1. The van der Waals surface area contributed by atoms with E-state index in [1.165, 1.54) is 6.92 Å². The summed E-state index contributed by atoms with van der Waals surface area (Å²) < 4.78 is 10.9. The first-order chi connectivity index (χ1) is 14.1. The predicted molar refractivity (Wildman–Crippen MR) is 105 cm³/mol. The third-order valence-electron chi connectivity index (χ3n) is 4.96. The molecule has 1 amide bonds. The number of carbonyl (C=O) groups is 2. The zero-order valence-electron chi connectivity index (χ0n) is 16.1. The molecule has 1 saturated heterocycles.